The summed E-state index contributed by atoms with van der Waals surface area (Å²) in [5.41, 5.74) is 8.49. The number of benzene rings is 4. The van der Waals surface area contributed by atoms with Gasteiger partial charge in [-0.05, 0) is 65.9 Å². The zero-order valence-corrected chi connectivity index (χ0v) is 20.9. The highest BCUT2D eigenvalue weighted by Gasteiger charge is 2.19. The van der Waals surface area contributed by atoms with Gasteiger partial charge in [0, 0.05) is 22.2 Å². The number of carbonyl (C=O) groups excluding carboxylic acids is 1. The second-order valence-corrected chi connectivity index (χ2v) is 9.50. The number of ether oxygens (including phenoxy) is 1. The van der Waals surface area contributed by atoms with Gasteiger partial charge in [-0.1, -0.05) is 73.7 Å². The molecule has 0 amide bonds. The smallest absolute Gasteiger partial charge is 0.339 e. The normalized spacial score (nSPS) is 15.4. The first-order valence-electron chi connectivity index (χ1n) is 12.6. The number of fused-ring (bicyclic) bond motifs is 3. The lowest BCUT2D eigenvalue weighted by molar-refractivity contribution is 0.0602. The quantitative estimate of drug-likeness (QED) is 0.257. The zero-order valence-electron chi connectivity index (χ0n) is 20.9. The fourth-order valence-corrected chi connectivity index (χ4v) is 5.39. The number of anilines is 1. The molecule has 5 aromatic rings. The molecule has 182 valence electrons. The zero-order chi connectivity index (χ0) is 25.4. The van der Waals surface area contributed by atoms with Crippen molar-refractivity contribution in [2.45, 2.75) is 13.3 Å². The number of carbonyl (C=O) groups is 1. The predicted molar refractivity (Wildman–Crippen MR) is 152 cm³/mol. The minimum Gasteiger partial charge on any atom is -0.465 e. The summed E-state index contributed by atoms with van der Waals surface area (Å²) < 4.78 is 7.27. The Hall–Kier alpha value is -4.57. The molecule has 0 aliphatic heterocycles. The molecule has 1 aromatic heterocycles. The van der Waals surface area contributed by atoms with Crippen molar-refractivity contribution in [3.8, 4) is 5.69 Å². The molecule has 1 atom stereocenters. The molecule has 0 spiro atoms. The van der Waals surface area contributed by atoms with Crippen molar-refractivity contribution >= 4 is 39.0 Å². The lowest BCUT2D eigenvalue weighted by Crippen LogP contribution is -2.13. The van der Waals surface area contributed by atoms with Gasteiger partial charge >= 0.3 is 5.97 Å². The van der Waals surface area contributed by atoms with Crippen LogP contribution in [0.3, 0.4) is 0 Å². The Kier molecular flexibility index (Phi) is 5.85. The highest BCUT2D eigenvalue weighted by Crippen LogP contribution is 2.35. The molecule has 4 nitrogen and oxygen atoms in total. The molecule has 37 heavy (non-hydrogen) atoms. The van der Waals surface area contributed by atoms with E-state index in [-0.39, 0.29) is 5.97 Å². The van der Waals surface area contributed by atoms with Crippen LogP contribution in [0.15, 0.2) is 115 Å². The van der Waals surface area contributed by atoms with Crippen molar-refractivity contribution in [3.05, 3.63) is 126 Å². The Bertz CT molecular complexity index is 1640. The maximum absolute atomic E-state index is 12.1. The van der Waals surface area contributed by atoms with Gasteiger partial charge in [0.05, 0.1) is 29.4 Å². The number of allylic oxidation sites excluding steroid dienone is 4. The van der Waals surface area contributed by atoms with E-state index in [1.54, 1.807) is 6.07 Å². The van der Waals surface area contributed by atoms with Crippen LogP contribution in [0.2, 0.25) is 0 Å². The fraction of sp³-hybridized carbons (Fsp3) is 0.121. The summed E-state index contributed by atoms with van der Waals surface area (Å²) in [4.78, 5) is 12.1. The Balaban J connectivity index is 1.31. The molecule has 1 aliphatic carbocycles. The standard InChI is InChI=1S/C33H28N2O2/c1-22-21-24(34-30-12-6-3-11-29(30)33(36)37-2)17-20-26(22)23-15-18-25(19-16-23)35-31-13-7-4-9-27(31)28-10-5-8-14-32(28)35/h3-20,22,34H,21H2,1-2H3. The molecule has 4 aromatic carbocycles. The Labute approximate surface area is 216 Å². The van der Waals surface area contributed by atoms with E-state index in [2.05, 4.69) is 102 Å². The Morgan fingerprint density at radius 3 is 2.08 bits per heavy atom. The van der Waals surface area contributed by atoms with E-state index in [4.69, 9.17) is 4.74 Å². The highest BCUT2D eigenvalue weighted by molar-refractivity contribution is 6.09. The molecule has 0 fully saturated rings. The van der Waals surface area contributed by atoms with E-state index in [9.17, 15) is 4.79 Å². The van der Waals surface area contributed by atoms with Crippen LogP contribution in [-0.2, 0) is 4.74 Å². The molecule has 1 unspecified atom stereocenters. The van der Waals surface area contributed by atoms with Crippen LogP contribution in [0.4, 0.5) is 5.69 Å². The molecule has 1 aliphatic rings. The van der Waals surface area contributed by atoms with Crippen LogP contribution >= 0.6 is 0 Å². The number of rotatable bonds is 5. The first kappa shape index (κ1) is 22.9. The first-order chi connectivity index (χ1) is 18.1. The van der Waals surface area contributed by atoms with Crippen molar-refractivity contribution in [2.24, 2.45) is 5.92 Å². The second kappa shape index (κ2) is 9.47. The lowest BCUT2D eigenvalue weighted by atomic mass is 9.86. The summed E-state index contributed by atoms with van der Waals surface area (Å²) in [5, 5.41) is 5.98. The minimum atomic E-state index is -0.341. The van der Waals surface area contributed by atoms with Gasteiger partial charge in [-0.25, -0.2) is 4.79 Å². The molecular formula is C33H28N2O2. The van der Waals surface area contributed by atoms with Crippen LogP contribution in [0.5, 0.6) is 0 Å². The van der Waals surface area contributed by atoms with Crippen LogP contribution in [-0.4, -0.2) is 17.6 Å². The number of hydrogen-bond donors (Lipinski definition) is 1. The van der Waals surface area contributed by atoms with Crippen LogP contribution in [0.25, 0.3) is 33.1 Å². The summed E-state index contributed by atoms with van der Waals surface area (Å²) in [6.07, 6.45) is 5.16. The molecular weight excluding hydrogens is 456 g/mol. The number of nitrogens with zero attached hydrogens (tertiary/aromatic N) is 1. The molecule has 0 bridgehead atoms. The van der Waals surface area contributed by atoms with E-state index in [0.717, 1.165) is 23.5 Å². The summed E-state index contributed by atoms with van der Waals surface area (Å²) in [6.45, 7) is 2.24. The van der Waals surface area contributed by atoms with E-state index < -0.39 is 0 Å². The maximum Gasteiger partial charge on any atom is 0.339 e. The monoisotopic (exact) mass is 484 g/mol. The average Bonchev–Trinajstić information content (AvgIpc) is 3.28. The molecule has 1 N–H and O–H groups in total. The van der Waals surface area contributed by atoms with Crippen LogP contribution in [0.1, 0.15) is 29.3 Å². The van der Waals surface area contributed by atoms with Gasteiger partial charge in [-0.15, -0.1) is 0 Å². The van der Waals surface area contributed by atoms with E-state index in [1.807, 2.05) is 18.2 Å². The van der Waals surface area contributed by atoms with E-state index in [0.29, 0.717) is 11.5 Å². The highest BCUT2D eigenvalue weighted by atomic mass is 16.5. The van der Waals surface area contributed by atoms with Crippen molar-refractivity contribution in [3.63, 3.8) is 0 Å². The number of para-hydroxylation sites is 3. The summed E-state index contributed by atoms with van der Waals surface area (Å²) in [5.74, 6) is -0.0102. The molecule has 0 saturated carbocycles. The third kappa shape index (κ3) is 4.11. The van der Waals surface area contributed by atoms with Gasteiger partial charge in [0.2, 0.25) is 0 Å². The lowest BCUT2D eigenvalue weighted by Gasteiger charge is -2.24. The first-order valence-corrected chi connectivity index (χ1v) is 12.6. The van der Waals surface area contributed by atoms with Crippen molar-refractivity contribution in [1.29, 1.82) is 0 Å². The fourth-order valence-electron chi connectivity index (χ4n) is 5.39. The molecule has 1 heterocycles. The van der Waals surface area contributed by atoms with Gasteiger partial charge in [0.1, 0.15) is 0 Å². The van der Waals surface area contributed by atoms with Crippen molar-refractivity contribution < 1.29 is 9.53 Å². The third-order valence-electron chi connectivity index (χ3n) is 7.19. The SMILES string of the molecule is COC(=O)c1ccccc1NC1=CC=C(c2ccc(-n3c4ccccc4c4ccccc43)cc2)C(C)C1. The molecule has 0 radical (unpaired) electrons. The number of methoxy groups -OCH3 is 1. The number of aromatic nitrogens is 1. The van der Waals surface area contributed by atoms with Crippen molar-refractivity contribution in [1.82, 2.24) is 4.57 Å². The molecule has 6 rings (SSSR count). The van der Waals surface area contributed by atoms with E-state index in [1.165, 1.54) is 40.1 Å². The Morgan fingerprint density at radius 1 is 0.811 bits per heavy atom. The van der Waals surface area contributed by atoms with Gasteiger partial charge in [-0.3, -0.25) is 0 Å². The number of nitrogens with one attached hydrogen (secondary N) is 1. The van der Waals surface area contributed by atoms with E-state index >= 15 is 0 Å². The number of esters is 1. The largest absolute Gasteiger partial charge is 0.465 e. The third-order valence-corrected chi connectivity index (χ3v) is 7.19. The van der Waals surface area contributed by atoms with Gasteiger partial charge in [0.15, 0.2) is 0 Å². The van der Waals surface area contributed by atoms with Crippen LogP contribution < -0.4 is 5.32 Å². The summed E-state index contributed by atoms with van der Waals surface area (Å²) >= 11 is 0. The second-order valence-electron chi connectivity index (χ2n) is 9.50. The van der Waals surface area contributed by atoms with Gasteiger partial charge < -0.3 is 14.6 Å². The van der Waals surface area contributed by atoms with Gasteiger partial charge in [-0.2, -0.15) is 0 Å². The maximum atomic E-state index is 12.1. The summed E-state index contributed by atoms with van der Waals surface area (Å²) in [7, 11) is 1.41. The minimum absolute atomic E-state index is 0.330. The average molecular weight is 485 g/mol. The number of hydrogen-bond acceptors (Lipinski definition) is 3. The molecule has 0 saturated heterocycles. The van der Waals surface area contributed by atoms with Crippen molar-refractivity contribution in [2.75, 3.05) is 12.4 Å². The molecule has 4 heteroatoms. The van der Waals surface area contributed by atoms with Gasteiger partial charge in [0.25, 0.3) is 0 Å². The summed E-state index contributed by atoms with van der Waals surface area (Å²) in [6, 6.07) is 33.5. The predicted octanol–water partition coefficient (Wildman–Crippen LogP) is 7.99. The Morgan fingerprint density at radius 2 is 1.43 bits per heavy atom. The topological polar surface area (TPSA) is 43.3 Å². The van der Waals surface area contributed by atoms with Crippen LogP contribution in [0, 0.1) is 5.92 Å².